The molecule has 0 aromatic carbocycles. The van der Waals surface area contributed by atoms with Crippen LogP contribution in [0.4, 0.5) is 0 Å². The Hall–Kier alpha value is -0.980. The van der Waals surface area contributed by atoms with Crippen LogP contribution in [0.25, 0.3) is 0 Å². The van der Waals surface area contributed by atoms with Crippen molar-refractivity contribution in [2.24, 2.45) is 5.73 Å². The molecule has 0 aliphatic rings. The van der Waals surface area contributed by atoms with Gasteiger partial charge < -0.3 is 20.5 Å². The van der Waals surface area contributed by atoms with E-state index in [4.69, 9.17) is 15.2 Å². The van der Waals surface area contributed by atoms with E-state index in [9.17, 15) is 9.59 Å². The molecule has 0 aromatic heterocycles. The van der Waals surface area contributed by atoms with Crippen LogP contribution in [0.3, 0.4) is 0 Å². The molecule has 6 heteroatoms. The highest BCUT2D eigenvalue weighted by Gasteiger charge is 2.26. The summed E-state index contributed by atoms with van der Waals surface area (Å²) in [7, 11) is 0. The Morgan fingerprint density at radius 2 is 1.68 bits per heavy atom. The average Bonchev–Trinajstić information content (AvgIpc) is 2.41. The van der Waals surface area contributed by atoms with Gasteiger partial charge in [0.2, 0.25) is 5.91 Å². The molecule has 0 bridgehead atoms. The zero-order chi connectivity index (χ0) is 17.2. The van der Waals surface area contributed by atoms with E-state index in [1.807, 2.05) is 27.7 Å². The monoisotopic (exact) mass is 316 g/mol. The number of Topliss-reactive ketones (excluding diaryl/α,β-unsaturated/α-hetero) is 1. The van der Waals surface area contributed by atoms with E-state index in [0.29, 0.717) is 45.6 Å². The van der Waals surface area contributed by atoms with Crippen LogP contribution in [0, 0.1) is 0 Å². The van der Waals surface area contributed by atoms with E-state index < -0.39 is 11.2 Å². The van der Waals surface area contributed by atoms with Gasteiger partial charge in [-0.3, -0.25) is 9.59 Å². The first-order chi connectivity index (χ1) is 10.1. The molecule has 0 aliphatic carbocycles. The fraction of sp³-hybridized carbons (Fsp3) is 0.875. The molecule has 0 unspecified atom stereocenters. The van der Waals surface area contributed by atoms with Gasteiger partial charge in [-0.1, -0.05) is 0 Å². The Balaban J connectivity index is 4.03. The van der Waals surface area contributed by atoms with Gasteiger partial charge in [-0.2, -0.15) is 0 Å². The van der Waals surface area contributed by atoms with Crippen LogP contribution < -0.4 is 11.1 Å². The number of hydrogen-bond donors (Lipinski definition) is 2. The van der Waals surface area contributed by atoms with Crippen LogP contribution in [0.2, 0.25) is 0 Å². The van der Waals surface area contributed by atoms with Gasteiger partial charge in [-0.05, 0) is 41.0 Å². The van der Waals surface area contributed by atoms with Crippen molar-refractivity contribution in [1.82, 2.24) is 5.32 Å². The van der Waals surface area contributed by atoms with Gasteiger partial charge in [0.25, 0.3) is 0 Å². The van der Waals surface area contributed by atoms with Crippen molar-refractivity contribution in [3.63, 3.8) is 0 Å². The maximum atomic E-state index is 11.7. The first-order valence-electron chi connectivity index (χ1n) is 7.82. The second-order valence-electron chi connectivity index (χ2n) is 6.75. The normalized spacial score (nSPS) is 12.3. The number of carbonyl (C=O) groups is 2. The molecule has 0 heterocycles. The molecule has 6 nitrogen and oxygen atoms in total. The summed E-state index contributed by atoms with van der Waals surface area (Å²) in [5, 5.41) is 2.73. The highest BCUT2D eigenvalue weighted by Crippen LogP contribution is 2.20. The molecule has 0 fully saturated rings. The minimum absolute atomic E-state index is 0.0587. The summed E-state index contributed by atoms with van der Waals surface area (Å²) >= 11 is 0. The summed E-state index contributed by atoms with van der Waals surface area (Å²) in [6.07, 6.45) is 1.35. The van der Waals surface area contributed by atoms with Crippen molar-refractivity contribution in [3.05, 3.63) is 0 Å². The van der Waals surface area contributed by atoms with Gasteiger partial charge >= 0.3 is 0 Å². The van der Waals surface area contributed by atoms with E-state index in [1.54, 1.807) is 0 Å². The van der Waals surface area contributed by atoms with Gasteiger partial charge in [0, 0.05) is 25.9 Å². The molecule has 0 spiro atoms. The Bertz CT molecular complexity index is 354. The predicted molar refractivity (Wildman–Crippen MR) is 86.7 cm³/mol. The lowest BCUT2D eigenvalue weighted by molar-refractivity contribution is -0.129. The van der Waals surface area contributed by atoms with Crippen molar-refractivity contribution in [1.29, 1.82) is 0 Å². The molecule has 0 saturated carbocycles. The predicted octanol–water partition coefficient (Wildman–Crippen LogP) is 1.41. The van der Waals surface area contributed by atoms with E-state index in [2.05, 4.69) is 5.32 Å². The second-order valence-corrected chi connectivity index (χ2v) is 6.75. The number of hydrogen-bond acceptors (Lipinski definition) is 5. The smallest absolute Gasteiger partial charge is 0.220 e. The minimum Gasteiger partial charge on any atom is -0.373 e. The molecule has 0 aliphatic heterocycles. The van der Waals surface area contributed by atoms with Gasteiger partial charge in [0.15, 0.2) is 0 Å². The average molecular weight is 316 g/mol. The highest BCUT2D eigenvalue weighted by atomic mass is 16.6. The SMILES string of the molecule is CC(=O)CCNC(=O)CCC(C)(C)OCC(C)(C)OCCN. The van der Waals surface area contributed by atoms with Crippen LogP contribution in [0.1, 0.15) is 53.9 Å². The minimum atomic E-state index is -0.415. The fourth-order valence-electron chi connectivity index (χ4n) is 1.70. The maximum Gasteiger partial charge on any atom is 0.220 e. The molecule has 0 rings (SSSR count). The van der Waals surface area contributed by atoms with Gasteiger partial charge in [-0.25, -0.2) is 0 Å². The molecule has 0 atom stereocenters. The molecule has 3 N–H and O–H groups in total. The Morgan fingerprint density at radius 3 is 2.23 bits per heavy atom. The largest absolute Gasteiger partial charge is 0.373 e. The van der Waals surface area contributed by atoms with Crippen molar-refractivity contribution >= 4 is 11.7 Å². The summed E-state index contributed by atoms with van der Waals surface area (Å²) in [5.41, 5.74) is 4.61. The molecular formula is C16H32N2O4. The highest BCUT2D eigenvalue weighted by molar-refractivity contribution is 5.78. The zero-order valence-electron chi connectivity index (χ0n) is 14.7. The first kappa shape index (κ1) is 21.0. The molecule has 1 amide bonds. The molecule has 0 aromatic rings. The molecule has 130 valence electrons. The van der Waals surface area contributed by atoms with Gasteiger partial charge in [-0.15, -0.1) is 0 Å². The van der Waals surface area contributed by atoms with E-state index >= 15 is 0 Å². The Kier molecular flexibility index (Phi) is 9.48. The Labute approximate surface area is 134 Å². The lowest BCUT2D eigenvalue weighted by Gasteiger charge is -2.32. The summed E-state index contributed by atoms with van der Waals surface area (Å²) in [4.78, 5) is 22.5. The fourth-order valence-corrected chi connectivity index (χ4v) is 1.70. The number of rotatable bonds is 12. The summed E-state index contributed by atoms with van der Waals surface area (Å²) in [6, 6.07) is 0. The van der Waals surface area contributed by atoms with E-state index in [-0.39, 0.29) is 11.7 Å². The first-order valence-corrected chi connectivity index (χ1v) is 7.82. The molecule has 22 heavy (non-hydrogen) atoms. The van der Waals surface area contributed by atoms with Crippen molar-refractivity contribution in [2.75, 3.05) is 26.3 Å². The van der Waals surface area contributed by atoms with Crippen LogP contribution >= 0.6 is 0 Å². The third-order valence-corrected chi connectivity index (χ3v) is 3.17. The van der Waals surface area contributed by atoms with Gasteiger partial charge in [0.1, 0.15) is 5.78 Å². The van der Waals surface area contributed by atoms with Crippen LogP contribution in [-0.4, -0.2) is 49.2 Å². The van der Waals surface area contributed by atoms with Crippen LogP contribution in [0.15, 0.2) is 0 Å². The van der Waals surface area contributed by atoms with E-state index in [1.165, 1.54) is 6.92 Å². The number of amides is 1. The lowest BCUT2D eigenvalue weighted by atomic mass is 10.0. The zero-order valence-corrected chi connectivity index (χ0v) is 14.7. The van der Waals surface area contributed by atoms with Crippen molar-refractivity contribution < 1.29 is 19.1 Å². The second kappa shape index (κ2) is 9.92. The quantitative estimate of drug-likeness (QED) is 0.568. The van der Waals surface area contributed by atoms with E-state index in [0.717, 1.165) is 0 Å². The number of nitrogens with two attached hydrogens (primary N) is 1. The third kappa shape index (κ3) is 11.7. The topological polar surface area (TPSA) is 90.7 Å². The summed E-state index contributed by atoms with van der Waals surface area (Å²) in [6.45, 7) is 11.1. The third-order valence-electron chi connectivity index (χ3n) is 3.17. The van der Waals surface area contributed by atoms with Crippen LogP contribution in [0.5, 0.6) is 0 Å². The summed E-state index contributed by atoms with van der Waals surface area (Å²) in [5.74, 6) is 0.0141. The number of ketones is 1. The molecular weight excluding hydrogens is 284 g/mol. The molecule has 0 radical (unpaired) electrons. The van der Waals surface area contributed by atoms with Gasteiger partial charge in [0.05, 0.1) is 24.4 Å². The Morgan fingerprint density at radius 1 is 1.05 bits per heavy atom. The number of carbonyl (C=O) groups excluding carboxylic acids is 2. The number of nitrogens with one attached hydrogen (secondary N) is 1. The number of ether oxygens (including phenoxy) is 2. The van der Waals surface area contributed by atoms with Crippen molar-refractivity contribution in [3.8, 4) is 0 Å². The molecule has 0 saturated heterocycles. The van der Waals surface area contributed by atoms with Crippen LogP contribution in [-0.2, 0) is 19.1 Å². The summed E-state index contributed by atoms with van der Waals surface area (Å²) < 4.78 is 11.5. The lowest BCUT2D eigenvalue weighted by Crippen LogP contribution is -2.38. The maximum absolute atomic E-state index is 11.7. The standard InChI is InChI=1S/C16H32N2O4/c1-13(19)7-10-18-14(20)6-8-15(2,3)22-12-16(4,5)21-11-9-17/h6-12,17H2,1-5H3,(H,18,20). The van der Waals surface area contributed by atoms with Crippen molar-refractivity contribution in [2.45, 2.75) is 65.1 Å².